The van der Waals surface area contributed by atoms with E-state index in [1.54, 1.807) is 24.3 Å². The zero-order valence-corrected chi connectivity index (χ0v) is 12.9. The van der Waals surface area contributed by atoms with Crippen molar-refractivity contribution in [3.63, 3.8) is 0 Å². The van der Waals surface area contributed by atoms with Crippen molar-refractivity contribution in [2.24, 2.45) is 11.5 Å². The number of nitrogens with two attached hydrogens (primary N) is 2. The van der Waals surface area contributed by atoms with Crippen molar-refractivity contribution < 1.29 is 0 Å². The van der Waals surface area contributed by atoms with E-state index in [1.165, 1.54) is 0 Å². The molecule has 0 amide bonds. The van der Waals surface area contributed by atoms with Gasteiger partial charge in [-0.15, -0.1) is 12.4 Å². The Balaban J connectivity index is 0.00000192. The summed E-state index contributed by atoms with van der Waals surface area (Å²) in [6.07, 6.45) is 0. The van der Waals surface area contributed by atoms with Gasteiger partial charge in [-0.1, -0.05) is 0 Å². The van der Waals surface area contributed by atoms with Crippen molar-refractivity contribution in [3.05, 3.63) is 53.6 Å². The second kappa shape index (κ2) is 6.37. The standard InChI is InChI=1S/C15H15N7.ClH/c16-13(17)8-1-4-10(5-2-8)20-15-21-11-6-3-9(14(18)19)7-12(11)22-15;/h1-7H,(H3,16,17)(H3,18,19)(H2,20,21,22);1H. The molecule has 1 heterocycles. The number of aromatic amines is 1. The fourth-order valence-corrected chi connectivity index (χ4v) is 2.11. The van der Waals surface area contributed by atoms with Crippen molar-refractivity contribution in [1.82, 2.24) is 9.97 Å². The average Bonchev–Trinajstić information content (AvgIpc) is 2.88. The van der Waals surface area contributed by atoms with E-state index >= 15 is 0 Å². The third-order valence-electron chi connectivity index (χ3n) is 3.25. The highest BCUT2D eigenvalue weighted by atomic mass is 35.5. The number of fused-ring (bicyclic) bond motifs is 1. The summed E-state index contributed by atoms with van der Waals surface area (Å²) in [7, 11) is 0. The number of halogens is 1. The van der Waals surface area contributed by atoms with Gasteiger partial charge in [0.05, 0.1) is 11.0 Å². The molecule has 2 aromatic carbocycles. The van der Waals surface area contributed by atoms with Gasteiger partial charge in [0.15, 0.2) is 0 Å². The third-order valence-corrected chi connectivity index (χ3v) is 3.25. The molecule has 0 saturated heterocycles. The molecule has 23 heavy (non-hydrogen) atoms. The number of aromatic nitrogens is 2. The maximum Gasteiger partial charge on any atom is 0.205 e. The summed E-state index contributed by atoms with van der Waals surface area (Å²) in [5.74, 6) is 0.643. The van der Waals surface area contributed by atoms with Crippen molar-refractivity contribution in [3.8, 4) is 0 Å². The summed E-state index contributed by atoms with van der Waals surface area (Å²) in [5.41, 5.74) is 14.6. The van der Waals surface area contributed by atoms with Crippen LogP contribution in [0.3, 0.4) is 0 Å². The zero-order chi connectivity index (χ0) is 15.7. The number of benzene rings is 2. The SMILES string of the molecule is Cl.N=C(N)c1ccc(Nc2nc3ccc(C(=N)N)cc3[nH]2)cc1. The molecule has 0 spiro atoms. The quantitative estimate of drug-likeness (QED) is 0.322. The highest BCUT2D eigenvalue weighted by Crippen LogP contribution is 2.19. The first-order valence-corrected chi connectivity index (χ1v) is 6.58. The van der Waals surface area contributed by atoms with E-state index in [9.17, 15) is 0 Å². The van der Waals surface area contributed by atoms with Crippen LogP contribution >= 0.6 is 12.4 Å². The molecule has 3 aromatic rings. The first kappa shape index (κ1) is 16.3. The molecule has 0 aliphatic rings. The Morgan fingerprint density at radius 1 is 0.957 bits per heavy atom. The van der Waals surface area contributed by atoms with E-state index < -0.39 is 0 Å². The highest BCUT2D eigenvalue weighted by Gasteiger charge is 2.05. The van der Waals surface area contributed by atoms with Crippen LogP contribution in [0.25, 0.3) is 11.0 Å². The lowest BCUT2D eigenvalue weighted by molar-refractivity contribution is 1.31. The lowest BCUT2D eigenvalue weighted by Gasteiger charge is -2.03. The lowest BCUT2D eigenvalue weighted by Crippen LogP contribution is -2.10. The van der Waals surface area contributed by atoms with Gasteiger partial charge in [-0.25, -0.2) is 4.98 Å². The van der Waals surface area contributed by atoms with Crippen LogP contribution in [-0.2, 0) is 0 Å². The number of nitrogen functional groups attached to an aromatic ring is 2. The van der Waals surface area contributed by atoms with Crippen LogP contribution < -0.4 is 16.8 Å². The Morgan fingerprint density at radius 2 is 1.57 bits per heavy atom. The number of hydrogen-bond donors (Lipinski definition) is 6. The van der Waals surface area contributed by atoms with E-state index in [4.69, 9.17) is 22.3 Å². The third kappa shape index (κ3) is 3.41. The minimum Gasteiger partial charge on any atom is -0.384 e. The Morgan fingerprint density at radius 3 is 2.17 bits per heavy atom. The number of rotatable bonds is 4. The van der Waals surface area contributed by atoms with Crippen molar-refractivity contribution >= 4 is 46.7 Å². The van der Waals surface area contributed by atoms with E-state index in [0.29, 0.717) is 17.1 Å². The summed E-state index contributed by atoms with van der Waals surface area (Å²) in [5, 5.41) is 18.0. The van der Waals surface area contributed by atoms with E-state index in [-0.39, 0.29) is 24.1 Å². The van der Waals surface area contributed by atoms with Crippen molar-refractivity contribution in [2.45, 2.75) is 0 Å². The molecule has 0 bridgehead atoms. The summed E-state index contributed by atoms with van der Waals surface area (Å²) in [6.45, 7) is 0. The molecule has 0 unspecified atom stereocenters. The molecule has 8 heteroatoms. The second-order valence-corrected chi connectivity index (χ2v) is 4.85. The number of nitrogens with zero attached hydrogens (tertiary/aromatic N) is 1. The summed E-state index contributed by atoms with van der Waals surface area (Å²) >= 11 is 0. The van der Waals surface area contributed by atoms with Gasteiger partial charge in [-0.3, -0.25) is 10.8 Å². The van der Waals surface area contributed by atoms with Crippen LogP contribution in [0.4, 0.5) is 11.6 Å². The van der Waals surface area contributed by atoms with Crippen LogP contribution in [0.2, 0.25) is 0 Å². The largest absolute Gasteiger partial charge is 0.384 e. The van der Waals surface area contributed by atoms with Gasteiger partial charge in [0.2, 0.25) is 5.95 Å². The predicted octanol–water partition coefficient (Wildman–Crippen LogP) is 2.30. The molecular formula is C15H16ClN7. The van der Waals surface area contributed by atoms with Gasteiger partial charge in [-0.05, 0) is 42.5 Å². The number of H-pyrrole nitrogens is 1. The molecule has 0 aliphatic carbocycles. The lowest BCUT2D eigenvalue weighted by atomic mass is 10.2. The number of amidine groups is 2. The topological polar surface area (TPSA) is 140 Å². The smallest absolute Gasteiger partial charge is 0.205 e. The monoisotopic (exact) mass is 329 g/mol. The fraction of sp³-hybridized carbons (Fsp3) is 0. The number of anilines is 2. The Kier molecular flexibility index (Phi) is 4.52. The van der Waals surface area contributed by atoms with Crippen LogP contribution in [0, 0.1) is 10.8 Å². The van der Waals surface area contributed by atoms with Gasteiger partial charge < -0.3 is 21.8 Å². The summed E-state index contributed by atoms with van der Waals surface area (Å²) in [6, 6.07) is 12.5. The molecular weight excluding hydrogens is 314 g/mol. The van der Waals surface area contributed by atoms with Crippen LogP contribution in [0.15, 0.2) is 42.5 Å². The Hall–Kier alpha value is -3.06. The molecule has 0 radical (unpaired) electrons. The van der Waals surface area contributed by atoms with Gasteiger partial charge in [0.25, 0.3) is 0 Å². The Labute approximate surface area is 138 Å². The highest BCUT2D eigenvalue weighted by molar-refractivity contribution is 5.98. The van der Waals surface area contributed by atoms with Gasteiger partial charge in [0, 0.05) is 16.8 Å². The first-order valence-electron chi connectivity index (χ1n) is 6.58. The molecule has 0 atom stereocenters. The minimum atomic E-state index is 0. The molecule has 0 aliphatic heterocycles. The van der Waals surface area contributed by atoms with Crippen LogP contribution in [-0.4, -0.2) is 21.6 Å². The molecule has 0 fully saturated rings. The summed E-state index contributed by atoms with van der Waals surface area (Å²) in [4.78, 5) is 7.56. The van der Waals surface area contributed by atoms with Gasteiger partial charge in [-0.2, -0.15) is 0 Å². The normalized spacial score (nSPS) is 10.1. The minimum absolute atomic E-state index is 0. The van der Waals surface area contributed by atoms with Crippen molar-refractivity contribution in [2.75, 3.05) is 5.32 Å². The molecule has 0 saturated carbocycles. The van der Waals surface area contributed by atoms with Crippen LogP contribution in [0.1, 0.15) is 11.1 Å². The summed E-state index contributed by atoms with van der Waals surface area (Å²) < 4.78 is 0. The molecule has 3 rings (SSSR count). The number of hydrogen-bond acceptors (Lipinski definition) is 4. The predicted molar refractivity (Wildman–Crippen MR) is 95.1 cm³/mol. The van der Waals surface area contributed by atoms with Crippen LogP contribution in [0.5, 0.6) is 0 Å². The molecule has 118 valence electrons. The van der Waals surface area contributed by atoms with Gasteiger partial charge in [0.1, 0.15) is 11.7 Å². The average molecular weight is 330 g/mol. The van der Waals surface area contributed by atoms with Crippen molar-refractivity contribution in [1.29, 1.82) is 10.8 Å². The Bertz CT molecular complexity index is 867. The van der Waals surface area contributed by atoms with E-state index in [0.717, 1.165) is 16.7 Å². The zero-order valence-electron chi connectivity index (χ0n) is 12.1. The van der Waals surface area contributed by atoms with E-state index in [2.05, 4.69) is 15.3 Å². The fourth-order valence-electron chi connectivity index (χ4n) is 2.11. The van der Waals surface area contributed by atoms with E-state index in [1.807, 2.05) is 18.2 Å². The molecule has 1 aromatic heterocycles. The molecule has 8 N–H and O–H groups in total. The number of imidazole rings is 1. The first-order chi connectivity index (χ1) is 10.5. The van der Waals surface area contributed by atoms with Gasteiger partial charge >= 0.3 is 0 Å². The maximum absolute atomic E-state index is 7.45. The second-order valence-electron chi connectivity index (χ2n) is 4.85. The molecule has 7 nitrogen and oxygen atoms in total. The number of nitrogens with one attached hydrogen (secondary N) is 4. The maximum atomic E-state index is 7.45.